The van der Waals surface area contributed by atoms with Crippen molar-refractivity contribution in [3.63, 3.8) is 0 Å². The third kappa shape index (κ3) is 4.05. The third-order valence-corrected chi connectivity index (χ3v) is 25.8. The molecule has 20 heavy (non-hydrogen) atoms. The van der Waals surface area contributed by atoms with E-state index in [2.05, 4.69) is 41.2 Å². The van der Waals surface area contributed by atoms with Gasteiger partial charge < -0.3 is 9.53 Å². The lowest BCUT2D eigenvalue weighted by Gasteiger charge is -2.46. The van der Waals surface area contributed by atoms with Crippen molar-refractivity contribution in [3.8, 4) is 0 Å². The molecule has 0 saturated carbocycles. The summed E-state index contributed by atoms with van der Waals surface area (Å²) in [4.78, 5) is 10.8. The first-order valence-electron chi connectivity index (χ1n) is 7.93. The van der Waals surface area contributed by atoms with E-state index in [0.29, 0.717) is 13.0 Å². The second-order valence-corrected chi connectivity index (χ2v) is 19.8. The summed E-state index contributed by atoms with van der Waals surface area (Å²) in [5.41, 5.74) is 0.261. The molecule has 0 radical (unpaired) electrons. The Balaban J connectivity index is 5.01. The Morgan fingerprint density at radius 2 is 1.45 bits per heavy atom. The van der Waals surface area contributed by atoms with Crippen LogP contribution in [0.5, 0.6) is 0 Å². The molecule has 0 spiro atoms. The first-order valence-corrected chi connectivity index (χ1v) is 13.9. The van der Waals surface area contributed by atoms with Gasteiger partial charge in [-0.2, -0.15) is 0 Å². The average Bonchev–Trinajstić information content (AvgIpc) is 2.47. The maximum atomic E-state index is 10.8. The van der Waals surface area contributed by atoms with E-state index in [0.717, 1.165) is 12.1 Å². The van der Waals surface area contributed by atoms with Gasteiger partial charge in [0, 0.05) is 18.6 Å². The molecule has 0 amide bonds. The molecular weight excluding hydrogens is 284 g/mol. The van der Waals surface area contributed by atoms with E-state index >= 15 is 0 Å². The zero-order valence-corrected chi connectivity index (χ0v) is 15.9. The Bertz CT molecular complexity index is 313. The van der Waals surface area contributed by atoms with Gasteiger partial charge in [0.2, 0.25) is 0 Å². The molecule has 5 heteroatoms. The summed E-state index contributed by atoms with van der Waals surface area (Å²) in [6, 6.07) is 6.17. The molecule has 0 aliphatic heterocycles. The summed E-state index contributed by atoms with van der Waals surface area (Å²) in [6.45, 7) is 15.6. The van der Waals surface area contributed by atoms with Crippen molar-refractivity contribution in [1.82, 2.24) is 0 Å². The van der Waals surface area contributed by atoms with Crippen LogP contribution in [0, 0.1) is 0 Å². The zero-order chi connectivity index (χ0) is 15.8. The molecule has 0 atom stereocenters. The molecule has 0 aromatic carbocycles. The second-order valence-electron chi connectivity index (χ2n) is 5.55. The molecule has 0 aliphatic rings. The van der Waals surface area contributed by atoms with Crippen LogP contribution < -0.4 is 0 Å². The van der Waals surface area contributed by atoms with Gasteiger partial charge in [0.1, 0.15) is 0 Å². The highest BCUT2D eigenvalue weighted by Gasteiger charge is 2.50. The number of rotatable bonds is 11. The van der Waals surface area contributed by atoms with Crippen LogP contribution in [0.1, 0.15) is 41.0 Å². The third-order valence-electron chi connectivity index (χ3n) is 5.22. The number of carbonyl (C=O) groups is 1. The topological polar surface area (TPSA) is 46.5 Å². The lowest BCUT2D eigenvalue weighted by molar-refractivity contribution is -0.132. The first kappa shape index (κ1) is 19.6. The Kier molecular flexibility index (Phi) is 8.62. The lowest BCUT2D eigenvalue weighted by Crippen LogP contribution is -2.63. The summed E-state index contributed by atoms with van der Waals surface area (Å²) in [5.74, 6) is -0.904. The lowest BCUT2D eigenvalue weighted by atomic mass is 10.2. The van der Waals surface area contributed by atoms with Crippen molar-refractivity contribution in [2.45, 2.75) is 71.3 Å². The summed E-state index contributed by atoms with van der Waals surface area (Å²) in [7, 11) is -3.08. The van der Waals surface area contributed by atoms with E-state index < -0.39 is 21.4 Å². The molecule has 0 heterocycles. The molecule has 0 bridgehead atoms. The van der Waals surface area contributed by atoms with Gasteiger partial charge in [0.05, 0.1) is 7.59 Å². The van der Waals surface area contributed by atoms with Crippen LogP contribution >= 0.6 is 0 Å². The van der Waals surface area contributed by atoms with Gasteiger partial charge in [0.25, 0.3) is 0 Å². The van der Waals surface area contributed by atoms with Crippen LogP contribution in [0.4, 0.5) is 0 Å². The van der Waals surface area contributed by atoms with Gasteiger partial charge in [-0.15, -0.1) is 0 Å². The molecular formula is C15H32O3Si2. The van der Waals surface area contributed by atoms with Crippen molar-refractivity contribution < 1.29 is 14.3 Å². The summed E-state index contributed by atoms with van der Waals surface area (Å²) in [6.07, 6.45) is 0.450. The van der Waals surface area contributed by atoms with E-state index in [1.54, 1.807) is 0 Å². The van der Waals surface area contributed by atoms with E-state index in [4.69, 9.17) is 9.53 Å². The van der Waals surface area contributed by atoms with Gasteiger partial charge in [-0.1, -0.05) is 59.3 Å². The van der Waals surface area contributed by atoms with Crippen LogP contribution in [0.15, 0.2) is 12.2 Å². The maximum Gasteiger partial charge on any atom is 0.331 e. The van der Waals surface area contributed by atoms with Crippen LogP contribution in [-0.2, 0) is 9.22 Å². The number of hydrogen-bond donors (Lipinski definition) is 1. The van der Waals surface area contributed by atoms with Crippen molar-refractivity contribution in [1.29, 1.82) is 0 Å². The fourth-order valence-electron chi connectivity index (χ4n) is 3.55. The molecule has 0 fully saturated rings. The fraction of sp³-hybridized carbons (Fsp3) is 0.800. The Morgan fingerprint density at radius 3 is 1.75 bits per heavy atom. The number of aliphatic carboxylic acids is 1. The van der Waals surface area contributed by atoms with Gasteiger partial charge in [-0.25, -0.2) is 4.79 Å². The van der Waals surface area contributed by atoms with E-state index in [9.17, 15) is 4.79 Å². The van der Waals surface area contributed by atoms with Gasteiger partial charge in [-0.3, -0.25) is 0 Å². The van der Waals surface area contributed by atoms with E-state index in [1.165, 1.54) is 18.1 Å². The highest BCUT2D eigenvalue weighted by Crippen LogP contribution is 2.37. The Hall–Kier alpha value is -0.396. The Labute approximate surface area is 126 Å². The molecule has 0 rings (SSSR count). The normalized spacial score (nSPS) is 12.4. The standard InChI is InChI=1S/C15H32O3Si2/c1-7-19(8-2,9-3)20(10-4,11-5)18-13-12-14(6)15(16)17/h6-13H2,1-5H3,(H,16,17). The van der Waals surface area contributed by atoms with Crippen molar-refractivity contribution in [2.24, 2.45) is 0 Å². The minimum Gasteiger partial charge on any atom is -0.478 e. The zero-order valence-electron chi connectivity index (χ0n) is 13.9. The predicted molar refractivity (Wildman–Crippen MR) is 91.3 cm³/mol. The summed E-state index contributed by atoms with van der Waals surface area (Å²) in [5, 5.41) is 8.89. The molecule has 0 unspecified atom stereocenters. The minimum absolute atomic E-state index is 0.261. The monoisotopic (exact) mass is 316 g/mol. The highest BCUT2D eigenvalue weighted by molar-refractivity contribution is 7.40. The Morgan fingerprint density at radius 1 is 1.00 bits per heavy atom. The number of carboxylic acid groups (broad SMARTS) is 1. The summed E-state index contributed by atoms with van der Waals surface area (Å²) < 4.78 is 6.46. The van der Waals surface area contributed by atoms with Gasteiger partial charge in [-0.05, 0) is 12.1 Å². The van der Waals surface area contributed by atoms with Crippen LogP contribution in [-0.4, -0.2) is 33.1 Å². The summed E-state index contributed by atoms with van der Waals surface area (Å²) >= 11 is 0. The van der Waals surface area contributed by atoms with E-state index in [-0.39, 0.29) is 5.57 Å². The number of hydrogen-bond acceptors (Lipinski definition) is 2. The molecule has 3 nitrogen and oxygen atoms in total. The predicted octanol–water partition coefficient (Wildman–Crippen LogP) is 4.61. The molecule has 0 saturated heterocycles. The fourth-order valence-corrected chi connectivity index (χ4v) is 21.7. The van der Waals surface area contributed by atoms with Gasteiger partial charge in [0.15, 0.2) is 7.83 Å². The molecule has 1 N–H and O–H groups in total. The number of carboxylic acids is 1. The van der Waals surface area contributed by atoms with Crippen molar-refractivity contribution in [3.05, 3.63) is 12.2 Å². The molecule has 0 aliphatic carbocycles. The van der Waals surface area contributed by atoms with Crippen molar-refractivity contribution in [2.75, 3.05) is 6.61 Å². The quantitative estimate of drug-likeness (QED) is 0.447. The second kappa shape index (κ2) is 8.79. The largest absolute Gasteiger partial charge is 0.478 e. The highest BCUT2D eigenvalue weighted by atomic mass is 29.3. The maximum absolute atomic E-state index is 10.8. The van der Waals surface area contributed by atoms with Crippen LogP contribution in [0.2, 0.25) is 30.2 Å². The minimum atomic E-state index is -1.72. The molecule has 118 valence electrons. The van der Waals surface area contributed by atoms with E-state index in [1.807, 2.05) is 0 Å². The average molecular weight is 317 g/mol. The molecule has 0 aromatic heterocycles. The van der Waals surface area contributed by atoms with Gasteiger partial charge >= 0.3 is 5.97 Å². The van der Waals surface area contributed by atoms with Crippen LogP contribution in [0.25, 0.3) is 0 Å². The first-order chi connectivity index (χ1) is 9.38. The van der Waals surface area contributed by atoms with Crippen LogP contribution in [0.3, 0.4) is 0 Å². The SMILES string of the molecule is C=C(CCO[Si](CC)(CC)[Si](CC)(CC)CC)C(=O)O. The van der Waals surface area contributed by atoms with Crippen molar-refractivity contribution >= 4 is 21.4 Å². The smallest absolute Gasteiger partial charge is 0.331 e. The molecule has 0 aromatic rings.